The van der Waals surface area contributed by atoms with Crippen LogP contribution in [0, 0.1) is 0 Å². The second kappa shape index (κ2) is 11.1. The maximum Gasteiger partial charge on any atom is 0.118 e. The van der Waals surface area contributed by atoms with Gasteiger partial charge < -0.3 is 5.11 Å². The van der Waals surface area contributed by atoms with Gasteiger partial charge in [0.15, 0.2) is 0 Å². The average molecular weight is 210 g/mol. The predicted molar refractivity (Wildman–Crippen MR) is 69.4 cm³/mol. The van der Waals surface area contributed by atoms with Gasteiger partial charge in [-0.3, -0.25) is 0 Å². The number of hydrogen-bond donors (Lipinski definition) is 1. The molecule has 0 saturated heterocycles. The number of aryl methyl sites for hydroxylation is 1. The van der Waals surface area contributed by atoms with Gasteiger partial charge in [0.25, 0.3) is 0 Å². The molecule has 88 valence electrons. The zero-order valence-electron chi connectivity index (χ0n) is 9.59. The summed E-state index contributed by atoms with van der Waals surface area (Å²) in [6, 6.07) is 7.39. The Balaban J connectivity index is 0. The van der Waals surface area contributed by atoms with Gasteiger partial charge in [-0.15, -0.1) is 0 Å². The molecule has 0 unspecified atom stereocenters. The van der Waals surface area contributed by atoms with Gasteiger partial charge >= 0.3 is 0 Å². The zero-order valence-corrected chi connectivity index (χ0v) is 9.59. The highest BCUT2D eigenvalue weighted by Gasteiger charge is 1.92. The van der Waals surface area contributed by atoms with E-state index in [1.807, 2.05) is 25.1 Å². The lowest BCUT2D eigenvalue weighted by Gasteiger charge is -1.97. The van der Waals surface area contributed by atoms with Gasteiger partial charge in [-0.2, -0.15) is 0 Å². The summed E-state index contributed by atoms with van der Waals surface area (Å²) in [6.07, 6.45) is 4.97. The van der Waals surface area contributed by atoms with Crippen molar-refractivity contribution in [2.45, 2.75) is 53.9 Å². The van der Waals surface area contributed by atoms with Crippen molar-refractivity contribution in [2.75, 3.05) is 0 Å². The molecule has 1 rings (SSSR count). The van der Waals surface area contributed by atoms with Crippen molar-refractivity contribution < 1.29 is 5.11 Å². The molecule has 1 aromatic carbocycles. The molecule has 1 nitrogen and oxygen atoms in total. The fourth-order valence-corrected chi connectivity index (χ4v) is 1.16. The maximum absolute atomic E-state index is 9.11. The van der Waals surface area contributed by atoms with Crippen LogP contribution in [0.25, 0.3) is 0 Å². The summed E-state index contributed by atoms with van der Waals surface area (Å²) in [5.74, 6) is 0.403. The molecular weight excluding hydrogens is 184 g/mol. The normalized spacial score (nSPS) is 8.47. The number of para-hydroxylation sites is 1. The summed E-state index contributed by atoms with van der Waals surface area (Å²) in [5.41, 5.74) is 1.01. The molecule has 0 aliphatic heterocycles. The van der Waals surface area contributed by atoms with Crippen molar-refractivity contribution in [3.8, 4) is 5.75 Å². The van der Waals surface area contributed by atoms with Gasteiger partial charge in [0.05, 0.1) is 0 Å². The van der Waals surface area contributed by atoms with Gasteiger partial charge in [-0.05, 0) is 18.1 Å². The largest absolute Gasteiger partial charge is 0.508 e. The van der Waals surface area contributed by atoms with Crippen LogP contribution in [0.4, 0.5) is 0 Å². The first-order chi connectivity index (χ1) is 6.76. The third kappa shape index (κ3) is 8.04. The lowest BCUT2D eigenvalue weighted by Crippen LogP contribution is -1.77. The minimum Gasteiger partial charge on any atom is -0.508 e. The predicted octanol–water partition coefficient (Wildman–Crippen LogP) is 4.79. The minimum atomic E-state index is 0. The highest BCUT2D eigenvalue weighted by atomic mass is 16.3. The second-order valence-corrected chi connectivity index (χ2v) is 3.34. The van der Waals surface area contributed by atoms with E-state index < -0.39 is 0 Å². The van der Waals surface area contributed by atoms with Crippen LogP contribution in [0.5, 0.6) is 5.75 Å². The van der Waals surface area contributed by atoms with Crippen molar-refractivity contribution in [3.63, 3.8) is 0 Å². The molecule has 0 aliphatic rings. The summed E-state index contributed by atoms with van der Waals surface area (Å²) in [7, 11) is 0. The summed E-state index contributed by atoms with van der Waals surface area (Å²) < 4.78 is 0. The molecule has 0 aromatic heterocycles. The highest BCUT2D eigenvalue weighted by molar-refractivity contribution is 5.31. The Morgan fingerprint density at radius 1 is 1.00 bits per heavy atom. The first-order valence-electron chi connectivity index (χ1n) is 5.53. The highest BCUT2D eigenvalue weighted by Crippen LogP contribution is 2.14. The van der Waals surface area contributed by atoms with Gasteiger partial charge in [0.1, 0.15) is 5.75 Å². The van der Waals surface area contributed by atoms with Crippen LogP contribution >= 0.6 is 0 Å². The molecular formula is C14H26O. The molecule has 1 aromatic rings. The third-order valence-electron chi connectivity index (χ3n) is 2.08. The Kier molecular flexibility index (Phi) is 12.2. The molecule has 0 aliphatic carbocycles. The average Bonchev–Trinajstić information content (AvgIpc) is 2.21. The molecule has 0 spiro atoms. The quantitative estimate of drug-likeness (QED) is 0.760. The van der Waals surface area contributed by atoms with E-state index in [9.17, 15) is 0 Å². The van der Waals surface area contributed by atoms with Crippen LogP contribution < -0.4 is 0 Å². The van der Waals surface area contributed by atoms with Crippen LogP contribution in [0.3, 0.4) is 0 Å². The van der Waals surface area contributed by atoms with E-state index in [0.717, 1.165) is 12.0 Å². The van der Waals surface area contributed by atoms with E-state index in [-0.39, 0.29) is 7.43 Å². The van der Waals surface area contributed by atoms with Crippen molar-refractivity contribution >= 4 is 0 Å². The lowest BCUT2D eigenvalue weighted by atomic mass is 10.1. The number of benzene rings is 1. The number of hydrogen-bond acceptors (Lipinski definition) is 1. The van der Waals surface area contributed by atoms with Crippen LogP contribution in [0.15, 0.2) is 24.3 Å². The molecule has 1 heteroatoms. The zero-order chi connectivity index (χ0) is 10.8. The van der Waals surface area contributed by atoms with Gasteiger partial charge in [-0.25, -0.2) is 0 Å². The number of phenolic OH excluding ortho intramolecular Hbond substituents is 1. The van der Waals surface area contributed by atoms with Gasteiger partial charge in [0, 0.05) is 0 Å². The van der Waals surface area contributed by atoms with Crippen LogP contribution in [0.2, 0.25) is 0 Å². The first kappa shape index (κ1) is 16.4. The van der Waals surface area contributed by atoms with Gasteiger partial charge in [-0.1, -0.05) is 65.7 Å². The molecule has 0 heterocycles. The minimum absolute atomic E-state index is 0. The number of rotatable bonds is 3. The van der Waals surface area contributed by atoms with E-state index in [1.54, 1.807) is 6.07 Å². The van der Waals surface area contributed by atoms with Crippen LogP contribution in [0.1, 0.15) is 53.0 Å². The number of unbranched alkanes of at least 4 members (excludes halogenated alkanes) is 2. The van der Waals surface area contributed by atoms with E-state index >= 15 is 0 Å². The second-order valence-electron chi connectivity index (χ2n) is 3.34. The van der Waals surface area contributed by atoms with E-state index in [1.165, 1.54) is 19.3 Å². The fourth-order valence-electron chi connectivity index (χ4n) is 1.16. The third-order valence-corrected chi connectivity index (χ3v) is 2.08. The van der Waals surface area contributed by atoms with Crippen molar-refractivity contribution in [1.29, 1.82) is 0 Å². The molecule has 0 atom stereocenters. The van der Waals surface area contributed by atoms with E-state index in [0.29, 0.717) is 5.75 Å². The van der Waals surface area contributed by atoms with Gasteiger partial charge in [0.2, 0.25) is 0 Å². The Labute approximate surface area is 95.2 Å². The number of aromatic hydroxyl groups is 1. The fraction of sp³-hybridized carbons (Fsp3) is 0.571. The topological polar surface area (TPSA) is 20.2 Å². The Morgan fingerprint density at radius 2 is 1.53 bits per heavy atom. The van der Waals surface area contributed by atoms with Crippen molar-refractivity contribution in [2.24, 2.45) is 0 Å². The molecule has 0 fully saturated rings. The molecule has 0 amide bonds. The van der Waals surface area contributed by atoms with Crippen LogP contribution in [-0.2, 0) is 6.42 Å². The van der Waals surface area contributed by atoms with Crippen molar-refractivity contribution in [3.05, 3.63) is 29.8 Å². The Bertz CT molecular complexity index is 229. The molecule has 0 radical (unpaired) electrons. The first-order valence-corrected chi connectivity index (χ1v) is 5.53. The summed E-state index contributed by atoms with van der Waals surface area (Å²) in [5, 5.41) is 9.11. The Hall–Kier alpha value is -0.980. The monoisotopic (exact) mass is 210 g/mol. The van der Waals surface area contributed by atoms with E-state index in [4.69, 9.17) is 5.11 Å². The molecule has 15 heavy (non-hydrogen) atoms. The molecule has 1 N–H and O–H groups in total. The van der Waals surface area contributed by atoms with E-state index in [2.05, 4.69) is 13.8 Å². The molecule has 0 bridgehead atoms. The summed E-state index contributed by atoms with van der Waals surface area (Å²) >= 11 is 0. The standard InChI is InChI=1S/C8H10O.C5H12.CH4/c1-2-7-5-3-4-6-8(7)9;1-3-5-4-2;/h3-6,9H,2H2,1H3;3-5H2,1-2H3;1H4. The summed E-state index contributed by atoms with van der Waals surface area (Å²) in [6.45, 7) is 6.45. The molecule has 0 saturated carbocycles. The lowest BCUT2D eigenvalue weighted by molar-refractivity contribution is 0.469. The Morgan fingerprint density at radius 3 is 1.80 bits per heavy atom. The maximum atomic E-state index is 9.11. The summed E-state index contributed by atoms with van der Waals surface area (Å²) in [4.78, 5) is 0. The van der Waals surface area contributed by atoms with Crippen LogP contribution in [-0.4, -0.2) is 5.11 Å². The number of phenols is 1. The van der Waals surface area contributed by atoms with Crippen molar-refractivity contribution in [1.82, 2.24) is 0 Å². The SMILES string of the molecule is C.CCCCC.CCc1ccccc1O. The smallest absolute Gasteiger partial charge is 0.118 e.